The lowest BCUT2D eigenvalue weighted by Gasteiger charge is -2.22. The van der Waals surface area contributed by atoms with E-state index >= 15 is 0 Å². The Hall–Kier alpha value is -0.570. The van der Waals surface area contributed by atoms with Crippen LogP contribution in [-0.2, 0) is 4.79 Å². The van der Waals surface area contributed by atoms with E-state index in [2.05, 4.69) is 5.32 Å². The fraction of sp³-hybridized carbons (Fsp3) is 0.889. The summed E-state index contributed by atoms with van der Waals surface area (Å²) in [6.45, 7) is 2.11. The molecule has 68 valence electrons. The number of rotatable bonds is 0. The average molecular weight is 168 g/mol. The Labute approximate surface area is 73.1 Å². The molecule has 0 saturated carbocycles. The van der Waals surface area contributed by atoms with Crippen LogP contribution >= 0.6 is 0 Å². The molecule has 0 aromatic heterocycles. The van der Waals surface area contributed by atoms with Crippen LogP contribution in [0.4, 0.5) is 0 Å². The number of carbonyl (C=O) groups excluding carboxylic acids is 1. The SMILES string of the molecule is CN1C(=O)C[C@@H]2CCCNC[C@H]21. The lowest BCUT2D eigenvalue weighted by atomic mass is 9.96. The maximum absolute atomic E-state index is 11.4. The maximum Gasteiger partial charge on any atom is 0.222 e. The molecule has 2 aliphatic rings. The van der Waals surface area contributed by atoms with Gasteiger partial charge in [0.05, 0.1) is 0 Å². The Bertz CT molecular complexity index is 193. The second-order valence-electron chi connectivity index (χ2n) is 3.88. The highest BCUT2D eigenvalue weighted by molar-refractivity contribution is 5.79. The van der Waals surface area contributed by atoms with Crippen LogP contribution in [0, 0.1) is 5.92 Å². The Morgan fingerprint density at radius 1 is 1.58 bits per heavy atom. The molecule has 0 aliphatic carbocycles. The monoisotopic (exact) mass is 168 g/mol. The summed E-state index contributed by atoms with van der Waals surface area (Å²) in [6, 6.07) is 0.472. The van der Waals surface area contributed by atoms with E-state index in [9.17, 15) is 4.79 Å². The fourth-order valence-electron chi connectivity index (χ4n) is 2.34. The molecule has 0 radical (unpaired) electrons. The molecule has 0 bridgehead atoms. The van der Waals surface area contributed by atoms with Crippen molar-refractivity contribution in [2.24, 2.45) is 5.92 Å². The van der Waals surface area contributed by atoms with Crippen molar-refractivity contribution in [2.75, 3.05) is 20.1 Å². The molecule has 1 amide bonds. The highest BCUT2D eigenvalue weighted by Gasteiger charge is 2.37. The molecule has 1 N–H and O–H groups in total. The van der Waals surface area contributed by atoms with Crippen LogP contribution < -0.4 is 5.32 Å². The van der Waals surface area contributed by atoms with Gasteiger partial charge < -0.3 is 10.2 Å². The number of nitrogens with one attached hydrogen (secondary N) is 1. The Morgan fingerprint density at radius 3 is 3.25 bits per heavy atom. The molecule has 2 fully saturated rings. The van der Waals surface area contributed by atoms with Gasteiger partial charge in [0.2, 0.25) is 5.91 Å². The molecular formula is C9H16N2O. The minimum absolute atomic E-state index is 0.327. The summed E-state index contributed by atoms with van der Waals surface area (Å²) in [5, 5.41) is 3.38. The molecule has 2 heterocycles. The molecule has 2 saturated heterocycles. The number of carbonyl (C=O) groups is 1. The van der Waals surface area contributed by atoms with Crippen molar-refractivity contribution in [3.63, 3.8) is 0 Å². The molecule has 2 aliphatic heterocycles. The van der Waals surface area contributed by atoms with Crippen LogP contribution in [0.5, 0.6) is 0 Å². The number of hydrogen-bond acceptors (Lipinski definition) is 2. The maximum atomic E-state index is 11.4. The third kappa shape index (κ3) is 1.22. The van der Waals surface area contributed by atoms with E-state index in [0.717, 1.165) is 19.5 Å². The van der Waals surface area contributed by atoms with Gasteiger partial charge in [-0.1, -0.05) is 0 Å². The first-order valence-electron chi connectivity index (χ1n) is 4.75. The second kappa shape index (κ2) is 3.05. The molecule has 0 aromatic carbocycles. The van der Waals surface area contributed by atoms with Crippen molar-refractivity contribution >= 4 is 5.91 Å². The predicted molar refractivity (Wildman–Crippen MR) is 46.8 cm³/mol. The van der Waals surface area contributed by atoms with Gasteiger partial charge in [0.25, 0.3) is 0 Å². The Kier molecular flexibility index (Phi) is 2.05. The first-order valence-corrected chi connectivity index (χ1v) is 4.75. The van der Waals surface area contributed by atoms with Crippen LogP contribution in [0.2, 0.25) is 0 Å². The molecule has 0 aromatic rings. The van der Waals surface area contributed by atoms with Crippen molar-refractivity contribution in [3.8, 4) is 0 Å². The summed E-state index contributed by atoms with van der Waals surface area (Å²) >= 11 is 0. The Morgan fingerprint density at radius 2 is 2.42 bits per heavy atom. The van der Waals surface area contributed by atoms with Crippen LogP contribution in [0.1, 0.15) is 19.3 Å². The van der Waals surface area contributed by atoms with E-state index in [0.29, 0.717) is 17.9 Å². The molecular weight excluding hydrogens is 152 g/mol. The first kappa shape index (κ1) is 8.05. The fourth-order valence-corrected chi connectivity index (χ4v) is 2.34. The van der Waals surface area contributed by atoms with Crippen molar-refractivity contribution < 1.29 is 4.79 Å². The van der Waals surface area contributed by atoms with E-state index in [4.69, 9.17) is 0 Å². The van der Waals surface area contributed by atoms with Crippen LogP contribution in [-0.4, -0.2) is 37.0 Å². The molecule has 0 unspecified atom stereocenters. The van der Waals surface area contributed by atoms with E-state index in [1.165, 1.54) is 12.8 Å². The zero-order valence-corrected chi connectivity index (χ0v) is 7.55. The molecule has 2 atom stereocenters. The lowest BCUT2D eigenvalue weighted by Crippen LogP contribution is -2.38. The van der Waals surface area contributed by atoms with E-state index < -0.39 is 0 Å². The summed E-state index contributed by atoms with van der Waals surface area (Å²) in [4.78, 5) is 13.3. The minimum Gasteiger partial charge on any atom is -0.341 e. The third-order valence-electron chi connectivity index (χ3n) is 3.15. The van der Waals surface area contributed by atoms with Gasteiger partial charge in [-0.3, -0.25) is 4.79 Å². The van der Waals surface area contributed by atoms with E-state index in [1.54, 1.807) is 0 Å². The van der Waals surface area contributed by atoms with Gasteiger partial charge in [0.15, 0.2) is 0 Å². The minimum atomic E-state index is 0.327. The number of fused-ring (bicyclic) bond motifs is 1. The van der Waals surface area contributed by atoms with Crippen molar-refractivity contribution in [3.05, 3.63) is 0 Å². The lowest BCUT2D eigenvalue weighted by molar-refractivity contribution is -0.127. The highest BCUT2D eigenvalue weighted by atomic mass is 16.2. The summed E-state index contributed by atoms with van der Waals surface area (Å²) in [7, 11) is 1.93. The molecule has 12 heavy (non-hydrogen) atoms. The normalized spacial score (nSPS) is 36.4. The quantitative estimate of drug-likeness (QED) is 0.561. The smallest absolute Gasteiger partial charge is 0.222 e. The third-order valence-corrected chi connectivity index (χ3v) is 3.15. The van der Waals surface area contributed by atoms with Gasteiger partial charge in [0, 0.05) is 26.1 Å². The summed E-state index contributed by atoms with van der Waals surface area (Å²) in [5.74, 6) is 0.950. The topological polar surface area (TPSA) is 32.3 Å². The summed E-state index contributed by atoms with van der Waals surface area (Å²) in [6.07, 6.45) is 3.22. The van der Waals surface area contributed by atoms with Gasteiger partial charge in [-0.25, -0.2) is 0 Å². The van der Waals surface area contributed by atoms with Crippen molar-refractivity contribution in [2.45, 2.75) is 25.3 Å². The molecule has 0 spiro atoms. The number of likely N-dealkylation sites (tertiary alicyclic amines) is 1. The van der Waals surface area contributed by atoms with Gasteiger partial charge in [0.1, 0.15) is 0 Å². The van der Waals surface area contributed by atoms with Crippen LogP contribution in [0.25, 0.3) is 0 Å². The number of hydrogen-bond donors (Lipinski definition) is 1. The number of likely N-dealkylation sites (N-methyl/N-ethyl adjacent to an activating group) is 1. The predicted octanol–water partition coefficient (Wildman–Crippen LogP) is 0.217. The zero-order chi connectivity index (χ0) is 8.55. The van der Waals surface area contributed by atoms with Crippen LogP contribution in [0.15, 0.2) is 0 Å². The Balaban J connectivity index is 2.09. The molecule has 2 rings (SSSR count). The van der Waals surface area contributed by atoms with Gasteiger partial charge in [-0.2, -0.15) is 0 Å². The summed E-state index contributed by atoms with van der Waals surface area (Å²) < 4.78 is 0. The first-order chi connectivity index (χ1) is 5.79. The van der Waals surface area contributed by atoms with Crippen molar-refractivity contribution in [1.82, 2.24) is 10.2 Å². The zero-order valence-electron chi connectivity index (χ0n) is 7.55. The standard InChI is InChI=1S/C9H16N2O/c1-11-8-6-10-4-2-3-7(8)5-9(11)12/h7-8,10H,2-6H2,1H3/t7-,8+/m0/s1. The van der Waals surface area contributed by atoms with Gasteiger partial charge in [-0.15, -0.1) is 0 Å². The number of nitrogens with zero attached hydrogens (tertiary/aromatic N) is 1. The highest BCUT2D eigenvalue weighted by Crippen LogP contribution is 2.28. The van der Waals surface area contributed by atoms with Gasteiger partial charge >= 0.3 is 0 Å². The van der Waals surface area contributed by atoms with Crippen LogP contribution in [0.3, 0.4) is 0 Å². The van der Waals surface area contributed by atoms with Gasteiger partial charge in [-0.05, 0) is 25.3 Å². The summed E-state index contributed by atoms with van der Waals surface area (Å²) in [5.41, 5.74) is 0. The second-order valence-corrected chi connectivity index (χ2v) is 3.88. The average Bonchev–Trinajstić information content (AvgIpc) is 2.30. The van der Waals surface area contributed by atoms with E-state index in [-0.39, 0.29) is 0 Å². The van der Waals surface area contributed by atoms with E-state index in [1.807, 2.05) is 11.9 Å². The molecule has 3 nitrogen and oxygen atoms in total. The van der Waals surface area contributed by atoms with Crippen molar-refractivity contribution in [1.29, 1.82) is 0 Å². The number of amides is 1. The molecule has 3 heteroatoms. The largest absolute Gasteiger partial charge is 0.341 e.